The predicted molar refractivity (Wildman–Crippen MR) is 79.9 cm³/mol. The van der Waals surface area contributed by atoms with E-state index in [9.17, 15) is 4.79 Å². The van der Waals surface area contributed by atoms with Crippen LogP contribution in [0.5, 0.6) is 0 Å². The zero-order valence-corrected chi connectivity index (χ0v) is 11.9. The Morgan fingerprint density at radius 1 is 1.32 bits per heavy atom. The minimum Gasteiger partial charge on any atom is -0.396 e. The number of rotatable bonds is 9. The summed E-state index contributed by atoms with van der Waals surface area (Å²) in [7, 11) is 0. The van der Waals surface area contributed by atoms with Crippen molar-refractivity contribution in [2.45, 2.75) is 25.4 Å². The molecule has 1 aromatic carbocycles. The first kappa shape index (κ1) is 16.0. The lowest BCUT2D eigenvalue weighted by atomic mass is 10.2. The number of carbonyl (C=O) groups excluding carboxylic acids is 1. The van der Waals surface area contributed by atoms with Gasteiger partial charge < -0.3 is 16.2 Å². The fourth-order valence-electron chi connectivity index (χ4n) is 1.53. The molecule has 0 fully saturated rings. The number of nitrogens with one attached hydrogen (secondary N) is 1. The van der Waals surface area contributed by atoms with Crippen LogP contribution in [0.25, 0.3) is 0 Å². The lowest BCUT2D eigenvalue weighted by molar-refractivity contribution is -0.122. The summed E-state index contributed by atoms with van der Waals surface area (Å²) in [5.74, 6) is 1.65. The molecule has 0 radical (unpaired) electrons. The second-order valence-electron chi connectivity index (χ2n) is 4.29. The van der Waals surface area contributed by atoms with Crippen LogP contribution in [0.15, 0.2) is 30.3 Å². The molecule has 1 rings (SSSR count). The van der Waals surface area contributed by atoms with Crippen LogP contribution in [0.3, 0.4) is 0 Å². The number of hydrogen-bond acceptors (Lipinski definition) is 4. The summed E-state index contributed by atoms with van der Waals surface area (Å²) in [6.07, 6.45) is 1.46. The van der Waals surface area contributed by atoms with E-state index in [0.717, 1.165) is 23.5 Å². The summed E-state index contributed by atoms with van der Waals surface area (Å²) in [4.78, 5) is 11.8. The first-order valence-electron chi connectivity index (χ1n) is 6.50. The number of hydrogen-bond donors (Lipinski definition) is 3. The molecule has 0 aromatic heterocycles. The number of aliphatic hydroxyl groups is 1. The van der Waals surface area contributed by atoms with Crippen molar-refractivity contribution < 1.29 is 9.90 Å². The molecule has 0 aliphatic carbocycles. The third-order valence-electron chi connectivity index (χ3n) is 2.67. The topological polar surface area (TPSA) is 75.3 Å². The number of benzene rings is 1. The number of amides is 1. The van der Waals surface area contributed by atoms with Gasteiger partial charge in [0.25, 0.3) is 0 Å². The Morgan fingerprint density at radius 3 is 2.74 bits per heavy atom. The Kier molecular flexibility index (Phi) is 8.29. The molecule has 0 aliphatic rings. The van der Waals surface area contributed by atoms with E-state index in [1.807, 2.05) is 30.3 Å². The third kappa shape index (κ3) is 7.20. The fourth-order valence-corrected chi connectivity index (χ4v) is 2.48. The van der Waals surface area contributed by atoms with Gasteiger partial charge in [-0.05, 0) is 29.9 Å². The maximum Gasteiger partial charge on any atom is 0.237 e. The van der Waals surface area contributed by atoms with E-state index in [1.165, 1.54) is 0 Å². The minimum atomic E-state index is -0.453. The van der Waals surface area contributed by atoms with Gasteiger partial charge in [-0.15, -0.1) is 0 Å². The second-order valence-corrected chi connectivity index (χ2v) is 5.51. The Balaban J connectivity index is 2.14. The second kappa shape index (κ2) is 9.83. The van der Waals surface area contributed by atoms with E-state index < -0.39 is 6.04 Å². The quantitative estimate of drug-likeness (QED) is 0.594. The predicted octanol–water partition coefficient (Wildman–Crippen LogP) is 1.14. The molecule has 1 aromatic rings. The molecule has 19 heavy (non-hydrogen) atoms. The van der Waals surface area contributed by atoms with E-state index in [1.54, 1.807) is 11.8 Å². The minimum absolute atomic E-state index is 0.105. The van der Waals surface area contributed by atoms with E-state index in [4.69, 9.17) is 10.8 Å². The van der Waals surface area contributed by atoms with Crippen LogP contribution in [0.2, 0.25) is 0 Å². The van der Waals surface area contributed by atoms with Crippen LogP contribution in [0.1, 0.15) is 18.4 Å². The fraction of sp³-hybridized carbons (Fsp3) is 0.500. The van der Waals surface area contributed by atoms with Gasteiger partial charge in [0.2, 0.25) is 5.91 Å². The van der Waals surface area contributed by atoms with Gasteiger partial charge in [0, 0.05) is 13.2 Å². The molecule has 0 aliphatic heterocycles. The summed E-state index contributed by atoms with van der Waals surface area (Å²) < 4.78 is 0. The van der Waals surface area contributed by atoms with Crippen LogP contribution in [0.4, 0.5) is 0 Å². The van der Waals surface area contributed by atoms with Gasteiger partial charge in [-0.2, -0.15) is 11.8 Å². The standard InChI is InChI=1S/C14H22N2O2S/c15-13(7-10-19-9-4-8-17)14(18)16-11-12-5-2-1-3-6-12/h1-3,5-6,13,17H,4,7-11,15H2,(H,16,18). The van der Waals surface area contributed by atoms with Crippen molar-refractivity contribution in [3.63, 3.8) is 0 Å². The summed E-state index contributed by atoms with van der Waals surface area (Å²) in [6.45, 7) is 0.738. The molecule has 0 spiro atoms. The number of thioether (sulfide) groups is 1. The summed E-state index contributed by atoms with van der Waals surface area (Å²) in [6, 6.07) is 9.32. The molecule has 106 valence electrons. The van der Waals surface area contributed by atoms with Crippen molar-refractivity contribution in [3.8, 4) is 0 Å². The summed E-state index contributed by atoms with van der Waals surface area (Å²) in [5.41, 5.74) is 6.89. The first-order valence-corrected chi connectivity index (χ1v) is 7.65. The maximum atomic E-state index is 11.8. The zero-order valence-electron chi connectivity index (χ0n) is 11.0. The molecule has 0 heterocycles. The average Bonchev–Trinajstić information content (AvgIpc) is 2.45. The van der Waals surface area contributed by atoms with Crippen LogP contribution in [-0.4, -0.2) is 35.2 Å². The highest BCUT2D eigenvalue weighted by Crippen LogP contribution is 2.06. The highest BCUT2D eigenvalue weighted by Gasteiger charge is 2.12. The zero-order chi connectivity index (χ0) is 13.9. The molecule has 0 saturated heterocycles. The van der Waals surface area contributed by atoms with Gasteiger partial charge in [0.05, 0.1) is 6.04 Å². The highest BCUT2D eigenvalue weighted by molar-refractivity contribution is 7.99. The van der Waals surface area contributed by atoms with Crippen molar-refractivity contribution in [2.75, 3.05) is 18.1 Å². The Bertz CT molecular complexity index is 360. The maximum absolute atomic E-state index is 11.8. The molecule has 0 bridgehead atoms. The van der Waals surface area contributed by atoms with E-state index >= 15 is 0 Å². The third-order valence-corrected chi connectivity index (χ3v) is 3.77. The summed E-state index contributed by atoms with van der Waals surface area (Å²) in [5, 5.41) is 11.5. The van der Waals surface area contributed by atoms with Crippen LogP contribution in [0, 0.1) is 0 Å². The monoisotopic (exact) mass is 282 g/mol. The van der Waals surface area contributed by atoms with Crippen molar-refractivity contribution >= 4 is 17.7 Å². The molecule has 4 N–H and O–H groups in total. The van der Waals surface area contributed by atoms with Gasteiger partial charge in [-0.25, -0.2) is 0 Å². The number of carbonyl (C=O) groups is 1. The van der Waals surface area contributed by atoms with Gasteiger partial charge >= 0.3 is 0 Å². The molecular weight excluding hydrogens is 260 g/mol. The Morgan fingerprint density at radius 2 is 2.05 bits per heavy atom. The van der Waals surface area contributed by atoms with Crippen molar-refractivity contribution in [1.82, 2.24) is 5.32 Å². The SMILES string of the molecule is NC(CCSCCCO)C(=O)NCc1ccccc1. The Labute approximate surface area is 118 Å². The smallest absolute Gasteiger partial charge is 0.237 e. The molecule has 1 atom stereocenters. The van der Waals surface area contributed by atoms with Crippen molar-refractivity contribution in [1.29, 1.82) is 0 Å². The number of aliphatic hydroxyl groups excluding tert-OH is 1. The van der Waals surface area contributed by atoms with Crippen molar-refractivity contribution in [3.05, 3.63) is 35.9 Å². The highest BCUT2D eigenvalue weighted by atomic mass is 32.2. The van der Waals surface area contributed by atoms with Crippen molar-refractivity contribution in [2.24, 2.45) is 5.73 Å². The Hall–Kier alpha value is -1.04. The van der Waals surface area contributed by atoms with Gasteiger partial charge in [-0.3, -0.25) is 4.79 Å². The van der Waals surface area contributed by atoms with Crippen LogP contribution in [-0.2, 0) is 11.3 Å². The molecule has 1 unspecified atom stereocenters. The molecule has 0 saturated carbocycles. The van der Waals surface area contributed by atoms with Crippen LogP contribution < -0.4 is 11.1 Å². The lowest BCUT2D eigenvalue weighted by Crippen LogP contribution is -2.40. The first-order chi connectivity index (χ1) is 9.24. The average molecular weight is 282 g/mol. The molecule has 1 amide bonds. The normalized spacial score (nSPS) is 12.1. The van der Waals surface area contributed by atoms with E-state index in [0.29, 0.717) is 13.0 Å². The summed E-state index contributed by atoms with van der Waals surface area (Å²) >= 11 is 1.72. The molecule has 5 heteroatoms. The molecular formula is C14H22N2O2S. The van der Waals surface area contributed by atoms with Gasteiger partial charge in [-0.1, -0.05) is 30.3 Å². The molecule has 4 nitrogen and oxygen atoms in total. The van der Waals surface area contributed by atoms with E-state index in [-0.39, 0.29) is 12.5 Å². The van der Waals surface area contributed by atoms with E-state index in [2.05, 4.69) is 5.32 Å². The van der Waals surface area contributed by atoms with Crippen LogP contribution >= 0.6 is 11.8 Å². The van der Waals surface area contributed by atoms with Gasteiger partial charge in [0.1, 0.15) is 0 Å². The number of nitrogens with two attached hydrogens (primary N) is 1. The lowest BCUT2D eigenvalue weighted by Gasteiger charge is -2.12. The largest absolute Gasteiger partial charge is 0.396 e. The van der Waals surface area contributed by atoms with Gasteiger partial charge in [0.15, 0.2) is 0 Å².